The minimum Gasteiger partial charge on any atom is -0.403 e. The van der Waals surface area contributed by atoms with Crippen LogP contribution < -0.4 is 0 Å². The lowest BCUT2D eigenvalue weighted by Gasteiger charge is -2.11. The van der Waals surface area contributed by atoms with E-state index in [9.17, 15) is 4.57 Å². The molecule has 0 aliphatic rings. The van der Waals surface area contributed by atoms with E-state index in [-0.39, 0.29) is 16.3 Å². The van der Waals surface area contributed by atoms with Crippen LogP contribution in [0.3, 0.4) is 0 Å². The van der Waals surface area contributed by atoms with Crippen LogP contribution in [0.2, 0.25) is 10.0 Å². The SMILES string of the molecule is O=P(O)(O)O/C(=C/Cl)c1ccc(Cl)cc1Cl. The summed E-state index contributed by atoms with van der Waals surface area (Å²) >= 11 is 16.9. The van der Waals surface area contributed by atoms with Gasteiger partial charge in [0.25, 0.3) is 0 Å². The zero-order valence-corrected chi connectivity index (χ0v) is 10.8. The first-order valence-electron chi connectivity index (χ1n) is 3.84. The van der Waals surface area contributed by atoms with Crippen LogP contribution >= 0.6 is 42.6 Å². The Kier molecular flexibility index (Phi) is 4.68. The molecule has 2 N–H and O–H groups in total. The molecule has 0 saturated heterocycles. The number of hydrogen-bond donors (Lipinski definition) is 2. The highest BCUT2D eigenvalue weighted by molar-refractivity contribution is 7.46. The Hall–Kier alpha value is -0.220. The smallest absolute Gasteiger partial charge is 0.403 e. The summed E-state index contributed by atoms with van der Waals surface area (Å²) in [5.41, 5.74) is 1.12. The molecule has 1 rings (SSSR count). The summed E-state index contributed by atoms with van der Waals surface area (Å²) < 4.78 is 15.0. The maximum atomic E-state index is 10.7. The maximum absolute atomic E-state index is 10.7. The summed E-state index contributed by atoms with van der Waals surface area (Å²) in [6.07, 6.45) is 0. The van der Waals surface area contributed by atoms with Gasteiger partial charge in [-0.1, -0.05) is 34.8 Å². The van der Waals surface area contributed by atoms with Gasteiger partial charge in [-0.25, -0.2) is 4.57 Å². The summed E-state index contributed by atoms with van der Waals surface area (Å²) in [5, 5.41) is 0.562. The van der Waals surface area contributed by atoms with Crippen molar-refractivity contribution in [3.63, 3.8) is 0 Å². The zero-order chi connectivity index (χ0) is 12.3. The van der Waals surface area contributed by atoms with E-state index in [4.69, 9.17) is 44.6 Å². The van der Waals surface area contributed by atoms with Crippen molar-refractivity contribution in [3.8, 4) is 0 Å². The highest BCUT2D eigenvalue weighted by Crippen LogP contribution is 2.43. The first kappa shape index (κ1) is 13.8. The van der Waals surface area contributed by atoms with E-state index < -0.39 is 7.82 Å². The molecule has 0 radical (unpaired) electrons. The van der Waals surface area contributed by atoms with Gasteiger partial charge in [-0.05, 0) is 18.2 Å². The molecule has 0 atom stereocenters. The van der Waals surface area contributed by atoms with Gasteiger partial charge in [0.2, 0.25) is 0 Å². The Morgan fingerprint density at radius 1 is 1.38 bits per heavy atom. The van der Waals surface area contributed by atoms with Crippen LogP contribution in [0.25, 0.3) is 5.76 Å². The van der Waals surface area contributed by atoms with Crippen molar-refractivity contribution >= 4 is 48.4 Å². The third-order valence-corrected chi connectivity index (χ3v) is 2.69. The molecule has 0 unspecified atom stereocenters. The Bertz CT molecular complexity index is 468. The summed E-state index contributed by atoms with van der Waals surface area (Å²) in [4.78, 5) is 17.3. The second-order valence-electron chi connectivity index (χ2n) is 2.68. The van der Waals surface area contributed by atoms with Crippen LogP contribution in [-0.2, 0) is 9.09 Å². The van der Waals surface area contributed by atoms with E-state index in [0.717, 1.165) is 5.54 Å². The Morgan fingerprint density at radius 2 is 2.00 bits per heavy atom. The second kappa shape index (κ2) is 5.41. The first-order chi connectivity index (χ1) is 7.33. The van der Waals surface area contributed by atoms with Gasteiger partial charge in [-0.2, -0.15) is 0 Å². The molecular formula is C8H6Cl3O4P. The molecule has 88 valence electrons. The predicted octanol–water partition coefficient (Wildman–Crippen LogP) is 3.64. The van der Waals surface area contributed by atoms with E-state index in [1.165, 1.54) is 18.2 Å². The number of hydrogen-bond acceptors (Lipinski definition) is 2. The molecule has 0 aliphatic heterocycles. The van der Waals surface area contributed by atoms with Gasteiger partial charge in [0.05, 0.1) is 5.02 Å². The number of halogens is 3. The van der Waals surface area contributed by atoms with Crippen LogP contribution in [0.4, 0.5) is 0 Å². The number of phosphoric ester groups is 1. The highest BCUT2D eigenvalue weighted by atomic mass is 35.5. The van der Waals surface area contributed by atoms with E-state index in [2.05, 4.69) is 4.52 Å². The van der Waals surface area contributed by atoms with Crippen molar-refractivity contribution in [2.45, 2.75) is 0 Å². The van der Waals surface area contributed by atoms with Gasteiger partial charge >= 0.3 is 7.82 Å². The second-order valence-corrected chi connectivity index (χ2v) is 4.90. The fourth-order valence-corrected chi connectivity index (χ4v) is 2.08. The molecule has 1 aromatic rings. The normalized spacial score (nSPS) is 12.7. The summed E-state index contributed by atoms with van der Waals surface area (Å²) in [6.45, 7) is 0. The lowest BCUT2D eigenvalue weighted by atomic mass is 10.2. The minimum absolute atomic E-state index is 0.174. The molecule has 0 aromatic heterocycles. The molecular weight excluding hydrogens is 297 g/mol. The monoisotopic (exact) mass is 302 g/mol. The van der Waals surface area contributed by atoms with Crippen LogP contribution in [0, 0.1) is 0 Å². The molecule has 0 fully saturated rings. The Morgan fingerprint density at radius 3 is 2.44 bits per heavy atom. The Balaban J connectivity index is 3.11. The molecule has 0 amide bonds. The number of phosphoric acid groups is 1. The molecule has 0 saturated carbocycles. The highest BCUT2D eigenvalue weighted by Gasteiger charge is 2.20. The standard InChI is InChI=1S/C8H6Cl3O4P/c9-4-8(15-16(12,13)14)6-2-1-5(10)3-7(6)11/h1-4H,(H2,12,13,14)/b8-4+. The molecule has 16 heavy (non-hydrogen) atoms. The molecule has 1 aromatic carbocycles. The van der Waals surface area contributed by atoms with E-state index in [1.54, 1.807) is 0 Å². The topological polar surface area (TPSA) is 66.8 Å². The van der Waals surface area contributed by atoms with Crippen molar-refractivity contribution in [3.05, 3.63) is 39.3 Å². The van der Waals surface area contributed by atoms with E-state index in [1.807, 2.05) is 0 Å². The predicted molar refractivity (Wildman–Crippen MR) is 63.4 cm³/mol. The van der Waals surface area contributed by atoms with Gasteiger partial charge in [0, 0.05) is 16.1 Å². The van der Waals surface area contributed by atoms with E-state index >= 15 is 0 Å². The fourth-order valence-electron chi connectivity index (χ4n) is 0.945. The number of benzene rings is 1. The molecule has 0 heterocycles. The van der Waals surface area contributed by atoms with Crippen LogP contribution in [0.1, 0.15) is 5.56 Å². The average Bonchev–Trinajstić information content (AvgIpc) is 2.13. The fraction of sp³-hybridized carbons (Fsp3) is 0. The van der Waals surface area contributed by atoms with Crippen molar-refractivity contribution in [2.24, 2.45) is 0 Å². The van der Waals surface area contributed by atoms with Crippen molar-refractivity contribution in [1.29, 1.82) is 0 Å². The Labute approximate surface area is 107 Å². The molecule has 0 aliphatic carbocycles. The third-order valence-electron chi connectivity index (χ3n) is 1.51. The van der Waals surface area contributed by atoms with Gasteiger partial charge in [0.15, 0.2) is 5.76 Å². The lowest BCUT2D eigenvalue weighted by molar-refractivity contribution is 0.269. The summed E-state index contributed by atoms with van der Waals surface area (Å²) in [6, 6.07) is 4.34. The molecule has 0 spiro atoms. The summed E-state index contributed by atoms with van der Waals surface area (Å²) in [7, 11) is -4.68. The minimum atomic E-state index is -4.68. The van der Waals surface area contributed by atoms with Gasteiger partial charge < -0.3 is 4.52 Å². The number of rotatable bonds is 3. The molecule has 4 nitrogen and oxygen atoms in total. The van der Waals surface area contributed by atoms with Gasteiger partial charge in [0.1, 0.15) is 0 Å². The van der Waals surface area contributed by atoms with Crippen LogP contribution in [-0.4, -0.2) is 9.79 Å². The maximum Gasteiger partial charge on any atom is 0.524 e. The van der Waals surface area contributed by atoms with Crippen molar-refractivity contribution in [2.75, 3.05) is 0 Å². The van der Waals surface area contributed by atoms with Crippen molar-refractivity contribution < 1.29 is 18.9 Å². The molecule has 0 bridgehead atoms. The summed E-state index contributed by atoms with van der Waals surface area (Å²) in [5.74, 6) is -0.225. The quantitative estimate of drug-likeness (QED) is 0.661. The van der Waals surface area contributed by atoms with E-state index in [0.29, 0.717) is 5.02 Å². The zero-order valence-electron chi connectivity index (χ0n) is 7.60. The van der Waals surface area contributed by atoms with Crippen molar-refractivity contribution in [1.82, 2.24) is 0 Å². The third kappa shape index (κ3) is 3.98. The van der Waals surface area contributed by atoms with Crippen LogP contribution in [0.15, 0.2) is 23.7 Å². The lowest BCUT2D eigenvalue weighted by Crippen LogP contribution is -1.91. The molecule has 8 heteroatoms. The van der Waals surface area contributed by atoms with Crippen LogP contribution in [0.5, 0.6) is 0 Å². The largest absolute Gasteiger partial charge is 0.524 e. The van der Waals surface area contributed by atoms with Gasteiger partial charge in [-0.3, -0.25) is 9.79 Å². The first-order valence-corrected chi connectivity index (χ1v) is 6.56. The average molecular weight is 303 g/mol. The van der Waals surface area contributed by atoms with Gasteiger partial charge in [-0.15, -0.1) is 0 Å².